The number of benzene rings is 2. The number of rotatable bonds is 8. The molecular weight excluding hydrogens is 775 g/mol. The highest BCUT2D eigenvalue weighted by Gasteiger charge is 2.53. The summed E-state index contributed by atoms with van der Waals surface area (Å²) in [7, 11) is 1.62. The first-order valence-electron chi connectivity index (χ1n) is 23.1. The molecule has 11 nitrogen and oxygen atoms in total. The molecule has 2 N–H and O–H groups in total. The number of nitrogens with one attached hydrogen (secondary N) is 1. The molecule has 2 aromatic carbocycles. The van der Waals surface area contributed by atoms with Crippen LogP contribution in [0.1, 0.15) is 139 Å². The first kappa shape index (κ1) is 38.4. The number of para-hydroxylation sites is 1. The Morgan fingerprint density at radius 2 is 1.40 bits per heavy atom. The highest BCUT2D eigenvalue weighted by atomic mass is 16.4. The minimum Gasteiger partial charge on any atom is -0.437 e. The monoisotopic (exact) mass is 831 g/mol. The molecule has 2 saturated heterocycles. The standard InChI is InChI=1S/C51H57N7O4/c1-7-50-20-12-22-55-24-18-33-32-15-9-10-16-35(32)57(40(33)43(50)55)38(28-50)48-54-30(4)45(62-48)49(5,60)26-31-14-11-17-36-39(31)34-19-25-56-23-13-21-51(8-2)27-37(58(36)41(34)44(51)56)47-53-29(3)42(61-47)46(59)52-6/h9-11,14-17,27-28,43-44,60H,7-8,12-13,18-26H2,1-6H3,(H,52,59)/t43-,44-,49?,50+,51+/m1/s1. The Morgan fingerprint density at radius 3 is 2.08 bits per heavy atom. The van der Waals surface area contributed by atoms with Crippen molar-refractivity contribution in [3.05, 3.63) is 117 Å². The Balaban J connectivity index is 0.988. The summed E-state index contributed by atoms with van der Waals surface area (Å²) in [6.45, 7) is 14.6. The van der Waals surface area contributed by atoms with E-state index in [1.807, 2.05) is 20.8 Å². The molecular formula is C51H57N7O4. The van der Waals surface area contributed by atoms with Crippen LogP contribution in [0.25, 0.3) is 33.2 Å². The maximum Gasteiger partial charge on any atom is 0.288 e. The summed E-state index contributed by atoms with van der Waals surface area (Å²) in [6.07, 6.45) is 13.7. The maximum atomic E-state index is 12.9. The van der Waals surface area contributed by atoms with Gasteiger partial charge >= 0.3 is 0 Å². The molecule has 4 aromatic heterocycles. The van der Waals surface area contributed by atoms with E-state index in [9.17, 15) is 9.90 Å². The molecule has 0 spiro atoms. The van der Waals surface area contributed by atoms with Crippen molar-refractivity contribution in [3.63, 3.8) is 0 Å². The summed E-state index contributed by atoms with van der Waals surface area (Å²) in [6, 6.07) is 15.9. The summed E-state index contributed by atoms with van der Waals surface area (Å²) in [5.74, 6) is 1.50. The van der Waals surface area contributed by atoms with Gasteiger partial charge in [0.1, 0.15) is 17.0 Å². The molecule has 2 fully saturated rings. The highest BCUT2D eigenvalue weighted by Crippen LogP contribution is 2.60. The summed E-state index contributed by atoms with van der Waals surface area (Å²) in [5, 5.41) is 18.0. The van der Waals surface area contributed by atoms with Gasteiger partial charge in [-0.2, -0.15) is 0 Å². The van der Waals surface area contributed by atoms with E-state index in [2.05, 4.69) is 92.7 Å². The molecule has 12 rings (SSSR count). The zero-order valence-corrected chi connectivity index (χ0v) is 36.9. The number of nitrogens with zero attached hydrogens (tertiary/aromatic N) is 6. The zero-order chi connectivity index (χ0) is 42.4. The molecule has 320 valence electrons. The van der Waals surface area contributed by atoms with E-state index in [4.69, 9.17) is 18.8 Å². The van der Waals surface area contributed by atoms with Crippen LogP contribution in [-0.2, 0) is 24.9 Å². The number of oxazole rings is 2. The van der Waals surface area contributed by atoms with Gasteiger partial charge in [0.2, 0.25) is 17.5 Å². The normalized spacial score (nSPS) is 26.2. The van der Waals surface area contributed by atoms with Crippen molar-refractivity contribution < 1.29 is 18.7 Å². The number of aliphatic hydroxyl groups is 1. The molecule has 0 saturated carbocycles. The average Bonchev–Trinajstić information content (AvgIpc) is 4.06. The number of piperidine rings is 2. The molecule has 1 amide bonds. The van der Waals surface area contributed by atoms with Crippen molar-refractivity contribution in [1.29, 1.82) is 0 Å². The van der Waals surface area contributed by atoms with Crippen LogP contribution >= 0.6 is 0 Å². The van der Waals surface area contributed by atoms with E-state index in [1.165, 1.54) is 45.2 Å². The Labute approximate surface area is 362 Å². The van der Waals surface area contributed by atoms with Gasteiger partial charge in [0.15, 0.2) is 5.76 Å². The zero-order valence-electron chi connectivity index (χ0n) is 36.9. The minimum absolute atomic E-state index is 0.0196. The van der Waals surface area contributed by atoms with Crippen LogP contribution in [0.2, 0.25) is 0 Å². The summed E-state index contributed by atoms with van der Waals surface area (Å²) in [4.78, 5) is 28.4. The minimum atomic E-state index is -1.36. The van der Waals surface area contributed by atoms with E-state index < -0.39 is 5.60 Å². The number of hydrogen-bond acceptors (Lipinski definition) is 8. The molecule has 1 unspecified atom stereocenters. The van der Waals surface area contributed by atoms with E-state index in [0.29, 0.717) is 41.4 Å². The lowest BCUT2D eigenvalue weighted by molar-refractivity contribution is 0.0262. The number of amides is 1. The number of carbonyl (C=O) groups excluding carboxylic acids is 1. The number of aryl methyl sites for hydroxylation is 2. The highest BCUT2D eigenvalue weighted by molar-refractivity contribution is 5.95. The van der Waals surface area contributed by atoms with Crippen LogP contribution in [-0.4, -0.2) is 73.1 Å². The van der Waals surface area contributed by atoms with Crippen molar-refractivity contribution in [2.45, 2.75) is 110 Å². The third kappa shape index (κ3) is 5.07. The topological polar surface area (TPSA) is 118 Å². The van der Waals surface area contributed by atoms with Crippen molar-refractivity contribution in [2.24, 2.45) is 10.8 Å². The van der Waals surface area contributed by atoms with Crippen LogP contribution in [0.15, 0.2) is 63.5 Å². The second-order valence-electron chi connectivity index (χ2n) is 19.4. The fraction of sp³-hybridized carbons (Fsp3) is 0.471. The van der Waals surface area contributed by atoms with Gasteiger partial charge in [-0.05, 0) is 126 Å². The summed E-state index contributed by atoms with van der Waals surface area (Å²) >= 11 is 0. The van der Waals surface area contributed by atoms with Gasteiger partial charge in [-0.15, -0.1) is 0 Å². The largest absolute Gasteiger partial charge is 0.437 e. The molecule has 0 aliphatic carbocycles. The Morgan fingerprint density at radius 1 is 0.806 bits per heavy atom. The smallest absolute Gasteiger partial charge is 0.288 e. The number of carbonyl (C=O) groups is 1. The fourth-order valence-corrected chi connectivity index (χ4v) is 13.5. The van der Waals surface area contributed by atoms with Crippen LogP contribution in [0.4, 0.5) is 0 Å². The summed E-state index contributed by atoms with van der Waals surface area (Å²) in [5.41, 5.74) is 10.5. The molecule has 5 atom stereocenters. The van der Waals surface area contributed by atoms with Gasteiger partial charge < -0.3 is 28.4 Å². The van der Waals surface area contributed by atoms with Crippen LogP contribution in [0.5, 0.6) is 0 Å². The van der Waals surface area contributed by atoms with Gasteiger partial charge in [-0.3, -0.25) is 14.6 Å². The Kier molecular flexibility index (Phi) is 8.30. The van der Waals surface area contributed by atoms with Gasteiger partial charge in [0.05, 0.1) is 34.5 Å². The molecule has 6 aliphatic rings. The molecule has 6 aliphatic heterocycles. The molecule has 62 heavy (non-hydrogen) atoms. The first-order valence-corrected chi connectivity index (χ1v) is 23.1. The van der Waals surface area contributed by atoms with Gasteiger partial charge in [-0.25, -0.2) is 9.97 Å². The van der Waals surface area contributed by atoms with Crippen LogP contribution < -0.4 is 5.32 Å². The van der Waals surface area contributed by atoms with Crippen molar-refractivity contribution in [1.82, 2.24) is 34.2 Å². The molecule has 6 aromatic rings. The summed E-state index contributed by atoms with van der Waals surface area (Å²) < 4.78 is 18.1. The van der Waals surface area contributed by atoms with Crippen molar-refractivity contribution in [3.8, 4) is 0 Å². The van der Waals surface area contributed by atoms with E-state index >= 15 is 0 Å². The maximum absolute atomic E-state index is 12.9. The van der Waals surface area contributed by atoms with E-state index in [0.717, 1.165) is 93.6 Å². The average molecular weight is 832 g/mol. The van der Waals surface area contributed by atoms with E-state index in [1.54, 1.807) is 7.05 Å². The van der Waals surface area contributed by atoms with Crippen molar-refractivity contribution >= 4 is 39.1 Å². The van der Waals surface area contributed by atoms with Crippen molar-refractivity contribution in [2.75, 3.05) is 33.2 Å². The number of hydrogen-bond donors (Lipinski definition) is 2. The van der Waals surface area contributed by atoms with Gasteiger partial charge in [0, 0.05) is 59.5 Å². The number of aromatic nitrogens is 4. The number of fused-ring (bicyclic) bond motifs is 6. The Hall–Kier alpha value is -5.23. The predicted octanol–water partition coefficient (Wildman–Crippen LogP) is 8.98. The lowest BCUT2D eigenvalue weighted by atomic mass is 9.66. The SMILES string of the molecule is CC[C@@]12C=C(c3nc(C)c(C(C)(O)Cc4cccc5c4c4c6n5C(c5nc(C)c(C(=O)NC)o5)=C[C@]5(CC)CCCN(CC4)[C@H]65)o3)n3c4c(c5ccccc53)CCN(CCC1)[C@H]42. The second-order valence-corrected chi connectivity index (χ2v) is 19.4. The lowest BCUT2D eigenvalue weighted by Gasteiger charge is -2.53. The van der Waals surface area contributed by atoms with Crippen LogP contribution in [0, 0.1) is 24.7 Å². The third-order valence-corrected chi connectivity index (χ3v) is 16.2. The van der Waals surface area contributed by atoms with E-state index in [-0.39, 0.29) is 28.5 Å². The van der Waals surface area contributed by atoms with Crippen LogP contribution in [0.3, 0.4) is 0 Å². The second kappa shape index (κ2) is 13.4. The lowest BCUT2D eigenvalue weighted by Crippen LogP contribution is -2.50. The van der Waals surface area contributed by atoms with Gasteiger partial charge in [0.25, 0.3) is 5.91 Å². The molecule has 0 radical (unpaired) electrons. The predicted molar refractivity (Wildman–Crippen MR) is 240 cm³/mol. The molecule has 11 heteroatoms. The quantitative estimate of drug-likeness (QED) is 0.156. The fourth-order valence-electron chi connectivity index (χ4n) is 13.5. The molecule has 0 bridgehead atoms. The van der Waals surface area contributed by atoms with Gasteiger partial charge in [-0.1, -0.05) is 44.2 Å². The Bertz CT molecular complexity index is 2940. The third-order valence-electron chi connectivity index (χ3n) is 16.2. The first-order chi connectivity index (χ1) is 30.0. The molecule has 10 heterocycles.